The first-order valence-electron chi connectivity index (χ1n) is 12.1. The Labute approximate surface area is 244 Å². The molecule has 2 aromatic heterocycles. The summed E-state index contributed by atoms with van der Waals surface area (Å²) in [5.41, 5.74) is 2.93. The fourth-order valence-electron chi connectivity index (χ4n) is 3.82. The standard InChI is InChI=1S/C28H26ClFN4O4S2/c1-5-12-34-25(17(3)38-22-11-10-19(30)13-21(22)29)32-33-28(34)40-15-23(35)31-26-24(27(36)37-4)20(14-39-26)18-8-6-16(2)7-9-18/h5-11,13-14,17H,1,12,15H2,2-4H3,(H,31,35). The number of aryl methyl sites for hydroxylation is 1. The molecule has 0 aliphatic carbocycles. The van der Waals surface area contributed by atoms with Crippen molar-refractivity contribution in [1.29, 1.82) is 0 Å². The van der Waals surface area contributed by atoms with Crippen molar-refractivity contribution in [1.82, 2.24) is 14.8 Å². The van der Waals surface area contributed by atoms with Gasteiger partial charge in [0.2, 0.25) is 5.91 Å². The number of amides is 1. The van der Waals surface area contributed by atoms with Gasteiger partial charge in [0.05, 0.1) is 17.9 Å². The number of allylic oxidation sites excluding steroid dienone is 1. The molecule has 208 valence electrons. The van der Waals surface area contributed by atoms with E-state index in [-0.39, 0.29) is 16.7 Å². The van der Waals surface area contributed by atoms with Gasteiger partial charge < -0.3 is 14.8 Å². The van der Waals surface area contributed by atoms with Crippen molar-refractivity contribution in [3.63, 3.8) is 0 Å². The second-order valence-electron chi connectivity index (χ2n) is 8.62. The van der Waals surface area contributed by atoms with E-state index in [1.807, 2.05) is 36.6 Å². The number of rotatable bonds is 11. The van der Waals surface area contributed by atoms with E-state index in [2.05, 4.69) is 22.1 Å². The van der Waals surface area contributed by atoms with Gasteiger partial charge in [-0.15, -0.1) is 28.1 Å². The van der Waals surface area contributed by atoms with Crippen LogP contribution in [0.1, 0.15) is 34.8 Å². The lowest BCUT2D eigenvalue weighted by atomic mass is 10.0. The van der Waals surface area contributed by atoms with Crippen LogP contribution in [0.2, 0.25) is 5.02 Å². The predicted octanol–water partition coefficient (Wildman–Crippen LogP) is 6.95. The van der Waals surface area contributed by atoms with E-state index in [0.717, 1.165) is 11.1 Å². The van der Waals surface area contributed by atoms with Crippen molar-refractivity contribution < 1.29 is 23.5 Å². The maximum atomic E-state index is 13.4. The van der Waals surface area contributed by atoms with Crippen LogP contribution in [-0.2, 0) is 16.1 Å². The molecule has 40 heavy (non-hydrogen) atoms. The lowest BCUT2D eigenvalue weighted by Crippen LogP contribution is -2.17. The number of hydrogen-bond acceptors (Lipinski definition) is 8. The zero-order valence-electron chi connectivity index (χ0n) is 21.9. The number of thioether (sulfide) groups is 1. The molecule has 1 unspecified atom stereocenters. The van der Waals surface area contributed by atoms with Gasteiger partial charge in [-0.2, -0.15) is 0 Å². The van der Waals surface area contributed by atoms with Gasteiger partial charge in [0.1, 0.15) is 22.1 Å². The van der Waals surface area contributed by atoms with Gasteiger partial charge in [-0.1, -0.05) is 59.3 Å². The molecule has 0 aliphatic rings. The number of hydrogen-bond donors (Lipinski definition) is 1. The minimum absolute atomic E-state index is 0.00663. The number of halogens is 2. The van der Waals surface area contributed by atoms with Crippen molar-refractivity contribution in [3.8, 4) is 16.9 Å². The number of esters is 1. The highest BCUT2D eigenvalue weighted by atomic mass is 35.5. The average molecular weight is 601 g/mol. The van der Waals surface area contributed by atoms with Gasteiger partial charge >= 0.3 is 5.97 Å². The second kappa shape index (κ2) is 13.1. The molecule has 8 nitrogen and oxygen atoms in total. The summed E-state index contributed by atoms with van der Waals surface area (Å²) in [7, 11) is 1.30. The normalized spacial score (nSPS) is 11.6. The number of carbonyl (C=O) groups excluding carboxylic acids is 2. The van der Waals surface area contributed by atoms with E-state index in [0.29, 0.717) is 39.4 Å². The molecule has 12 heteroatoms. The Morgan fingerprint density at radius 2 is 2.00 bits per heavy atom. The van der Waals surface area contributed by atoms with E-state index in [1.165, 1.54) is 48.4 Å². The van der Waals surface area contributed by atoms with Crippen LogP contribution in [0.15, 0.2) is 65.7 Å². The van der Waals surface area contributed by atoms with Crippen molar-refractivity contribution in [2.75, 3.05) is 18.2 Å². The van der Waals surface area contributed by atoms with Gasteiger partial charge in [0.15, 0.2) is 17.1 Å². The zero-order valence-corrected chi connectivity index (χ0v) is 24.3. The molecule has 4 rings (SSSR count). The molecule has 1 N–H and O–H groups in total. The summed E-state index contributed by atoms with van der Waals surface area (Å²) in [4.78, 5) is 25.6. The van der Waals surface area contributed by atoms with Crippen LogP contribution in [0, 0.1) is 12.7 Å². The number of carbonyl (C=O) groups is 2. The molecular formula is C28H26ClFN4O4S2. The molecule has 1 atom stereocenters. The van der Waals surface area contributed by atoms with Crippen LogP contribution in [0.3, 0.4) is 0 Å². The van der Waals surface area contributed by atoms with Crippen LogP contribution >= 0.6 is 34.7 Å². The van der Waals surface area contributed by atoms with Crippen molar-refractivity contribution in [3.05, 3.63) is 88.3 Å². The minimum Gasteiger partial charge on any atom is -0.481 e. The number of aromatic nitrogens is 3. The zero-order chi connectivity index (χ0) is 28.8. The number of thiophene rings is 1. The first-order valence-corrected chi connectivity index (χ1v) is 14.3. The molecule has 1 amide bonds. The van der Waals surface area contributed by atoms with Gasteiger partial charge in [-0.25, -0.2) is 9.18 Å². The van der Waals surface area contributed by atoms with Crippen molar-refractivity contribution >= 4 is 51.6 Å². The van der Waals surface area contributed by atoms with Crippen LogP contribution < -0.4 is 10.1 Å². The molecule has 0 fully saturated rings. The highest BCUT2D eigenvalue weighted by Gasteiger charge is 2.24. The Kier molecular flexibility index (Phi) is 9.62. The van der Waals surface area contributed by atoms with E-state index >= 15 is 0 Å². The van der Waals surface area contributed by atoms with Gasteiger partial charge in [-0.3, -0.25) is 9.36 Å². The number of ether oxygens (including phenoxy) is 2. The van der Waals surface area contributed by atoms with Gasteiger partial charge in [0.25, 0.3) is 0 Å². The minimum atomic E-state index is -0.576. The molecule has 0 aliphatic heterocycles. The van der Waals surface area contributed by atoms with Crippen LogP contribution in [0.5, 0.6) is 5.75 Å². The molecule has 0 saturated heterocycles. The fraction of sp³-hybridized carbons (Fsp3) is 0.214. The van der Waals surface area contributed by atoms with Crippen LogP contribution in [-0.4, -0.2) is 39.5 Å². The monoisotopic (exact) mass is 600 g/mol. The third-order valence-electron chi connectivity index (χ3n) is 5.75. The third-order valence-corrected chi connectivity index (χ3v) is 7.90. The third kappa shape index (κ3) is 6.72. The highest BCUT2D eigenvalue weighted by Crippen LogP contribution is 2.36. The Morgan fingerprint density at radius 3 is 2.67 bits per heavy atom. The summed E-state index contributed by atoms with van der Waals surface area (Å²) in [5, 5.41) is 14.1. The summed E-state index contributed by atoms with van der Waals surface area (Å²) >= 11 is 8.53. The SMILES string of the molecule is C=CCn1c(SCC(=O)Nc2scc(-c3ccc(C)cc3)c2C(=O)OC)nnc1C(C)Oc1ccc(F)cc1Cl. The average Bonchev–Trinajstić information content (AvgIpc) is 3.53. The number of nitrogens with zero attached hydrogens (tertiary/aromatic N) is 3. The molecule has 0 bridgehead atoms. The number of anilines is 1. The molecule has 0 spiro atoms. The van der Waals surface area contributed by atoms with Gasteiger partial charge in [-0.05, 0) is 37.6 Å². The summed E-state index contributed by atoms with van der Waals surface area (Å²) in [6, 6.07) is 11.6. The molecular weight excluding hydrogens is 575 g/mol. The summed E-state index contributed by atoms with van der Waals surface area (Å²) in [5.74, 6) is -0.539. The van der Waals surface area contributed by atoms with E-state index < -0.39 is 17.9 Å². The number of methoxy groups -OCH3 is 1. The maximum Gasteiger partial charge on any atom is 0.341 e. The molecule has 0 saturated carbocycles. The second-order valence-corrected chi connectivity index (χ2v) is 10.9. The Balaban J connectivity index is 1.48. The first-order chi connectivity index (χ1) is 19.2. The first kappa shape index (κ1) is 29.3. The quantitative estimate of drug-likeness (QED) is 0.113. The topological polar surface area (TPSA) is 95.3 Å². The predicted molar refractivity (Wildman–Crippen MR) is 156 cm³/mol. The molecule has 2 heterocycles. The lowest BCUT2D eigenvalue weighted by Gasteiger charge is -2.16. The Hall–Kier alpha value is -3.67. The summed E-state index contributed by atoms with van der Waals surface area (Å²) in [6.45, 7) is 7.91. The molecule has 2 aromatic carbocycles. The molecule has 0 radical (unpaired) electrons. The van der Waals surface area contributed by atoms with Crippen molar-refractivity contribution in [2.24, 2.45) is 0 Å². The largest absolute Gasteiger partial charge is 0.481 e. The maximum absolute atomic E-state index is 13.4. The Bertz CT molecular complexity index is 1540. The molecule has 4 aromatic rings. The summed E-state index contributed by atoms with van der Waals surface area (Å²) in [6.07, 6.45) is 1.10. The number of nitrogens with one attached hydrogen (secondary N) is 1. The fourth-order valence-corrected chi connectivity index (χ4v) is 5.76. The van der Waals surface area contributed by atoms with Gasteiger partial charge in [0, 0.05) is 17.5 Å². The van der Waals surface area contributed by atoms with Crippen molar-refractivity contribution in [2.45, 2.75) is 31.7 Å². The van der Waals surface area contributed by atoms with E-state index in [1.54, 1.807) is 17.6 Å². The van der Waals surface area contributed by atoms with E-state index in [9.17, 15) is 14.0 Å². The lowest BCUT2D eigenvalue weighted by molar-refractivity contribution is -0.113. The number of benzene rings is 2. The van der Waals surface area contributed by atoms with E-state index in [4.69, 9.17) is 21.1 Å². The Morgan fingerprint density at radius 1 is 1.25 bits per heavy atom. The van der Waals surface area contributed by atoms with Crippen LogP contribution in [0.4, 0.5) is 9.39 Å². The highest BCUT2D eigenvalue weighted by molar-refractivity contribution is 7.99. The smallest absolute Gasteiger partial charge is 0.341 e. The van der Waals surface area contributed by atoms with Crippen LogP contribution in [0.25, 0.3) is 11.1 Å². The summed E-state index contributed by atoms with van der Waals surface area (Å²) < 4.78 is 26.1.